The number of carbonyl (C=O) groups is 2. The zero-order valence-corrected chi connectivity index (χ0v) is 13.2. The molecule has 0 aliphatic heterocycles. The maximum atomic E-state index is 13.6. The number of rotatable bonds is 6. The van der Waals surface area contributed by atoms with E-state index in [2.05, 4.69) is 4.74 Å². The minimum atomic E-state index is -5.14. The van der Waals surface area contributed by atoms with Crippen molar-refractivity contribution >= 4 is 29.2 Å². The van der Waals surface area contributed by atoms with Crippen molar-refractivity contribution in [2.24, 2.45) is 0 Å². The fourth-order valence-electron chi connectivity index (χ4n) is 1.68. The SMILES string of the molecule is CCOC(=O)[C@](NC(=O)CC)(Nc1ccc(Cl)cc1)C(F)(F)F. The van der Waals surface area contributed by atoms with E-state index in [4.69, 9.17) is 11.6 Å². The Balaban J connectivity index is 3.32. The van der Waals surface area contributed by atoms with Crippen molar-refractivity contribution in [2.75, 3.05) is 11.9 Å². The van der Waals surface area contributed by atoms with Crippen LogP contribution in [0.3, 0.4) is 0 Å². The summed E-state index contributed by atoms with van der Waals surface area (Å²) in [5.74, 6) is -2.61. The van der Waals surface area contributed by atoms with E-state index < -0.39 is 23.7 Å². The number of amides is 1. The van der Waals surface area contributed by atoms with E-state index in [1.54, 1.807) is 5.32 Å². The molecule has 0 bridgehead atoms. The van der Waals surface area contributed by atoms with Gasteiger partial charge in [-0.15, -0.1) is 0 Å². The molecule has 128 valence electrons. The van der Waals surface area contributed by atoms with Crippen LogP contribution < -0.4 is 10.6 Å². The lowest BCUT2D eigenvalue weighted by atomic mass is 10.1. The van der Waals surface area contributed by atoms with E-state index in [1.807, 2.05) is 5.32 Å². The monoisotopic (exact) mass is 352 g/mol. The number of hydrogen-bond donors (Lipinski definition) is 2. The van der Waals surface area contributed by atoms with Crippen molar-refractivity contribution in [3.8, 4) is 0 Å². The van der Waals surface area contributed by atoms with Gasteiger partial charge < -0.3 is 15.4 Å². The zero-order chi connectivity index (χ0) is 17.7. The number of hydrogen-bond acceptors (Lipinski definition) is 4. The van der Waals surface area contributed by atoms with E-state index >= 15 is 0 Å². The average Bonchev–Trinajstić information content (AvgIpc) is 2.47. The highest BCUT2D eigenvalue weighted by atomic mass is 35.5. The number of anilines is 1. The van der Waals surface area contributed by atoms with Gasteiger partial charge in [-0.05, 0) is 31.2 Å². The van der Waals surface area contributed by atoms with Crippen LogP contribution in [0.4, 0.5) is 18.9 Å². The maximum absolute atomic E-state index is 13.6. The summed E-state index contributed by atoms with van der Waals surface area (Å²) in [7, 11) is 0. The summed E-state index contributed by atoms with van der Waals surface area (Å²) in [5.41, 5.74) is -3.44. The molecule has 0 aromatic heterocycles. The molecule has 0 aliphatic carbocycles. The molecule has 2 N–H and O–H groups in total. The van der Waals surface area contributed by atoms with Crippen LogP contribution in [0.2, 0.25) is 5.02 Å². The molecule has 9 heteroatoms. The molecule has 0 aliphatic rings. The van der Waals surface area contributed by atoms with Crippen LogP contribution in [-0.2, 0) is 14.3 Å². The molecule has 1 amide bonds. The fourth-order valence-corrected chi connectivity index (χ4v) is 1.80. The number of benzene rings is 1. The molecular weight excluding hydrogens is 337 g/mol. The van der Waals surface area contributed by atoms with Crippen LogP contribution in [-0.4, -0.2) is 30.3 Å². The molecule has 0 saturated heterocycles. The third-order valence-corrected chi connectivity index (χ3v) is 3.08. The Kier molecular flexibility index (Phi) is 6.26. The summed E-state index contributed by atoms with van der Waals surface area (Å²) in [5, 5.41) is 4.01. The van der Waals surface area contributed by atoms with Crippen LogP contribution >= 0.6 is 11.6 Å². The van der Waals surface area contributed by atoms with Gasteiger partial charge in [0.2, 0.25) is 5.91 Å². The largest absolute Gasteiger partial charge is 0.463 e. The van der Waals surface area contributed by atoms with E-state index in [0.29, 0.717) is 5.02 Å². The van der Waals surface area contributed by atoms with Gasteiger partial charge in [-0.1, -0.05) is 18.5 Å². The van der Waals surface area contributed by atoms with E-state index in [-0.39, 0.29) is 18.7 Å². The van der Waals surface area contributed by atoms with Crippen molar-refractivity contribution in [2.45, 2.75) is 32.1 Å². The summed E-state index contributed by atoms with van der Waals surface area (Å²) < 4.78 is 45.3. The van der Waals surface area contributed by atoms with E-state index in [1.165, 1.54) is 38.1 Å². The van der Waals surface area contributed by atoms with E-state index in [9.17, 15) is 22.8 Å². The minimum Gasteiger partial charge on any atom is -0.463 e. The molecule has 1 aromatic rings. The minimum absolute atomic E-state index is 0.0591. The Morgan fingerprint density at radius 3 is 2.17 bits per heavy atom. The topological polar surface area (TPSA) is 67.4 Å². The summed E-state index contributed by atoms with van der Waals surface area (Å²) in [6.45, 7) is 2.45. The molecule has 0 saturated carbocycles. The Hall–Kier alpha value is -1.96. The Labute approximate surface area is 136 Å². The molecule has 23 heavy (non-hydrogen) atoms. The van der Waals surface area contributed by atoms with Crippen LogP contribution in [0.5, 0.6) is 0 Å². The van der Waals surface area contributed by atoms with Crippen LogP contribution in [0.25, 0.3) is 0 Å². The molecule has 5 nitrogen and oxygen atoms in total. The van der Waals surface area contributed by atoms with Crippen molar-refractivity contribution in [1.29, 1.82) is 0 Å². The van der Waals surface area contributed by atoms with Crippen molar-refractivity contribution in [1.82, 2.24) is 5.32 Å². The third-order valence-electron chi connectivity index (χ3n) is 2.83. The first-order chi connectivity index (χ1) is 10.7. The lowest BCUT2D eigenvalue weighted by Gasteiger charge is -2.35. The summed E-state index contributed by atoms with van der Waals surface area (Å²) >= 11 is 5.68. The predicted molar refractivity (Wildman–Crippen MR) is 78.9 cm³/mol. The van der Waals surface area contributed by atoms with Gasteiger partial charge >= 0.3 is 17.8 Å². The van der Waals surface area contributed by atoms with Gasteiger partial charge in [0.05, 0.1) is 6.61 Å². The second kappa shape index (κ2) is 7.54. The quantitative estimate of drug-likeness (QED) is 0.610. The highest BCUT2D eigenvalue weighted by molar-refractivity contribution is 6.30. The molecular formula is C14H16ClF3N2O3. The number of esters is 1. The molecule has 1 atom stereocenters. The lowest BCUT2D eigenvalue weighted by Crippen LogP contribution is -2.69. The summed E-state index contributed by atoms with van der Waals surface area (Å²) in [4.78, 5) is 23.5. The van der Waals surface area contributed by atoms with Gasteiger partial charge in [0, 0.05) is 17.1 Å². The predicted octanol–water partition coefficient (Wildman–Crippen LogP) is 3.10. The van der Waals surface area contributed by atoms with E-state index in [0.717, 1.165) is 0 Å². The molecule has 0 radical (unpaired) electrons. The van der Waals surface area contributed by atoms with Crippen LogP contribution in [0.1, 0.15) is 20.3 Å². The van der Waals surface area contributed by atoms with Crippen LogP contribution in [0.15, 0.2) is 24.3 Å². The first-order valence-corrected chi connectivity index (χ1v) is 7.12. The van der Waals surface area contributed by atoms with Gasteiger partial charge in [0.15, 0.2) is 0 Å². The Morgan fingerprint density at radius 2 is 1.74 bits per heavy atom. The van der Waals surface area contributed by atoms with Gasteiger partial charge in [-0.3, -0.25) is 4.79 Å². The molecule has 0 unspecified atom stereocenters. The molecule has 0 spiro atoms. The number of nitrogens with one attached hydrogen (secondary N) is 2. The zero-order valence-electron chi connectivity index (χ0n) is 12.5. The highest BCUT2D eigenvalue weighted by Gasteiger charge is 2.63. The fraction of sp³-hybridized carbons (Fsp3) is 0.429. The van der Waals surface area contributed by atoms with Crippen molar-refractivity contribution in [3.63, 3.8) is 0 Å². The maximum Gasteiger partial charge on any atom is 0.441 e. The highest BCUT2D eigenvalue weighted by Crippen LogP contribution is 2.33. The first-order valence-electron chi connectivity index (χ1n) is 6.75. The average molecular weight is 353 g/mol. The molecule has 0 fully saturated rings. The van der Waals surface area contributed by atoms with Crippen molar-refractivity contribution < 1.29 is 27.5 Å². The third kappa shape index (κ3) is 4.51. The standard InChI is InChI=1S/C14H16ClF3N2O3/c1-3-11(21)20-13(14(16,17)18,12(22)23-4-2)19-10-7-5-9(15)6-8-10/h5-8,19H,3-4H2,1-2H3,(H,20,21)/t13-/m1/s1. The second-order valence-electron chi connectivity index (χ2n) is 4.50. The van der Waals surface area contributed by atoms with Gasteiger partial charge in [-0.2, -0.15) is 13.2 Å². The number of alkyl halides is 3. The second-order valence-corrected chi connectivity index (χ2v) is 4.94. The number of ether oxygens (including phenoxy) is 1. The Morgan fingerprint density at radius 1 is 1.17 bits per heavy atom. The van der Waals surface area contributed by atoms with Gasteiger partial charge in [0.25, 0.3) is 0 Å². The first kappa shape index (κ1) is 19.1. The molecule has 1 rings (SSSR count). The van der Waals surface area contributed by atoms with Crippen LogP contribution in [0, 0.1) is 0 Å². The molecule has 0 heterocycles. The lowest BCUT2D eigenvalue weighted by molar-refractivity contribution is -0.207. The van der Waals surface area contributed by atoms with Gasteiger partial charge in [-0.25, -0.2) is 4.79 Å². The smallest absolute Gasteiger partial charge is 0.441 e. The number of halogens is 4. The summed E-state index contributed by atoms with van der Waals surface area (Å²) in [6, 6.07) is 5.19. The Bertz CT molecular complexity index is 563. The number of carbonyl (C=O) groups excluding carboxylic acids is 2. The van der Waals surface area contributed by atoms with Gasteiger partial charge in [0.1, 0.15) is 0 Å². The summed E-state index contributed by atoms with van der Waals surface area (Å²) in [6.07, 6.45) is -5.37. The normalized spacial score (nSPS) is 13.8. The molecule has 1 aromatic carbocycles. The van der Waals surface area contributed by atoms with Crippen molar-refractivity contribution in [3.05, 3.63) is 29.3 Å².